The van der Waals surface area contributed by atoms with E-state index in [0.717, 1.165) is 23.9 Å². The number of hydrogen-bond donors (Lipinski definition) is 1. The van der Waals surface area contributed by atoms with Gasteiger partial charge in [-0.3, -0.25) is 0 Å². The zero-order valence-corrected chi connectivity index (χ0v) is 7.53. The normalized spacial score (nSPS) is 13.7. The van der Waals surface area contributed by atoms with Crippen LogP contribution in [0.15, 0.2) is 24.4 Å². The van der Waals surface area contributed by atoms with Crippen LogP contribution in [-0.4, -0.2) is 15.6 Å². The topological polar surface area (TPSA) is 42.2 Å². The average Bonchev–Trinajstić information content (AvgIpc) is 2.74. The van der Waals surface area contributed by atoms with E-state index in [0.29, 0.717) is 5.56 Å². The van der Waals surface area contributed by atoms with Gasteiger partial charge in [-0.15, -0.1) is 0 Å². The second kappa shape index (κ2) is 2.38. The smallest absolute Gasteiger partial charge is 0.335 e. The fraction of sp³-hybridized carbons (Fsp3) is 0.182. The summed E-state index contributed by atoms with van der Waals surface area (Å²) in [4.78, 5) is 10.8. The molecule has 1 aromatic carbocycles. The van der Waals surface area contributed by atoms with E-state index in [1.54, 1.807) is 12.1 Å². The van der Waals surface area contributed by atoms with Crippen molar-refractivity contribution in [3.8, 4) is 0 Å². The van der Waals surface area contributed by atoms with E-state index in [4.69, 9.17) is 5.11 Å². The summed E-state index contributed by atoms with van der Waals surface area (Å²) in [5, 5.41) is 9.95. The zero-order valence-electron chi connectivity index (χ0n) is 7.53. The van der Waals surface area contributed by atoms with Crippen LogP contribution in [0, 0.1) is 0 Å². The van der Waals surface area contributed by atoms with Crippen molar-refractivity contribution in [2.75, 3.05) is 0 Å². The molecule has 0 atom stereocenters. The predicted octanol–water partition coefficient (Wildman–Crippen LogP) is 1.90. The van der Waals surface area contributed by atoms with Crippen LogP contribution >= 0.6 is 0 Å². The number of aromatic carboxylic acids is 1. The first kappa shape index (κ1) is 7.62. The van der Waals surface area contributed by atoms with Crippen LogP contribution in [0.5, 0.6) is 0 Å². The van der Waals surface area contributed by atoms with E-state index in [-0.39, 0.29) is 0 Å². The monoisotopic (exact) mass is 187 g/mol. The van der Waals surface area contributed by atoms with Crippen molar-refractivity contribution >= 4 is 16.9 Å². The maximum Gasteiger partial charge on any atom is 0.335 e. The number of hydrogen-bond acceptors (Lipinski definition) is 1. The van der Waals surface area contributed by atoms with E-state index in [1.807, 2.05) is 12.3 Å². The lowest BCUT2D eigenvalue weighted by atomic mass is 10.1. The fourth-order valence-corrected chi connectivity index (χ4v) is 2.18. The molecule has 0 fully saturated rings. The van der Waals surface area contributed by atoms with E-state index >= 15 is 0 Å². The molecule has 0 saturated heterocycles. The number of carboxylic acid groups (broad SMARTS) is 1. The highest BCUT2D eigenvalue weighted by molar-refractivity contribution is 5.95. The quantitative estimate of drug-likeness (QED) is 0.740. The van der Waals surface area contributed by atoms with Crippen molar-refractivity contribution in [2.45, 2.75) is 13.0 Å². The van der Waals surface area contributed by atoms with Gasteiger partial charge in [-0.1, -0.05) is 0 Å². The van der Waals surface area contributed by atoms with Crippen molar-refractivity contribution in [1.29, 1.82) is 0 Å². The largest absolute Gasteiger partial charge is 0.478 e. The molecule has 0 aliphatic carbocycles. The molecule has 0 radical (unpaired) electrons. The van der Waals surface area contributed by atoms with Crippen LogP contribution in [0.2, 0.25) is 0 Å². The molecule has 0 saturated carbocycles. The number of benzene rings is 1. The van der Waals surface area contributed by atoms with E-state index in [1.165, 1.54) is 5.52 Å². The van der Waals surface area contributed by atoms with Crippen molar-refractivity contribution in [1.82, 2.24) is 4.57 Å². The SMILES string of the molecule is O=C(O)c1cc2c3c(ccn3CC2)c1. The Morgan fingerprint density at radius 1 is 1.43 bits per heavy atom. The first-order valence-electron chi connectivity index (χ1n) is 4.61. The van der Waals surface area contributed by atoms with Crippen LogP contribution in [0.1, 0.15) is 15.9 Å². The predicted molar refractivity (Wildman–Crippen MR) is 52.6 cm³/mol. The number of nitrogens with zero attached hydrogens (tertiary/aromatic N) is 1. The molecule has 1 aromatic heterocycles. The molecule has 3 rings (SSSR count). The molecule has 0 spiro atoms. The Morgan fingerprint density at radius 3 is 3.07 bits per heavy atom. The molecule has 3 heteroatoms. The van der Waals surface area contributed by atoms with Gasteiger partial charge in [0.2, 0.25) is 0 Å². The van der Waals surface area contributed by atoms with Gasteiger partial charge in [-0.25, -0.2) is 4.79 Å². The number of aryl methyl sites for hydroxylation is 2. The summed E-state index contributed by atoms with van der Waals surface area (Å²) in [6, 6.07) is 5.50. The molecule has 0 unspecified atom stereocenters. The summed E-state index contributed by atoms with van der Waals surface area (Å²) in [7, 11) is 0. The first-order chi connectivity index (χ1) is 6.75. The lowest BCUT2D eigenvalue weighted by Crippen LogP contribution is -1.96. The molecule has 14 heavy (non-hydrogen) atoms. The van der Waals surface area contributed by atoms with E-state index in [2.05, 4.69) is 4.57 Å². The highest BCUT2D eigenvalue weighted by Gasteiger charge is 2.16. The fourth-order valence-electron chi connectivity index (χ4n) is 2.18. The van der Waals surface area contributed by atoms with Crippen LogP contribution in [0.4, 0.5) is 0 Å². The van der Waals surface area contributed by atoms with Crippen molar-refractivity contribution in [3.63, 3.8) is 0 Å². The Balaban J connectivity index is 2.39. The van der Waals surface area contributed by atoms with Crippen LogP contribution in [-0.2, 0) is 13.0 Å². The third-order valence-electron chi connectivity index (χ3n) is 2.81. The molecule has 2 heterocycles. The van der Waals surface area contributed by atoms with Crippen molar-refractivity contribution in [2.24, 2.45) is 0 Å². The Kier molecular flexibility index (Phi) is 1.29. The molecule has 2 aromatic rings. The number of aromatic nitrogens is 1. The van der Waals surface area contributed by atoms with Gasteiger partial charge < -0.3 is 9.67 Å². The molecule has 3 nitrogen and oxygen atoms in total. The third-order valence-corrected chi connectivity index (χ3v) is 2.81. The van der Waals surface area contributed by atoms with Gasteiger partial charge in [-0.05, 0) is 30.2 Å². The van der Waals surface area contributed by atoms with Gasteiger partial charge in [0.25, 0.3) is 0 Å². The summed E-state index contributed by atoms with van der Waals surface area (Å²) >= 11 is 0. The minimum absolute atomic E-state index is 0.396. The van der Waals surface area contributed by atoms with E-state index in [9.17, 15) is 4.79 Å². The summed E-state index contributed by atoms with van der Waals surface area (Å²) < 4.78 is 2.18. The molecule has 0 bridgehead atoms. The number of carbonyl (C=O) groups is 1. The summed E-state index contributed by atoms with van der Waals surface area (Å²) in [5.41, 5.74) is 2.76. The van der Waals surface area contributed by atoms with Gasteiger partial charge >= 0.3 is 5.97 Å². The third kappa shape index (κ3) is 0.839. The molecular formula is C11H9NO2. The second-order valence-corrected chi connectivity index (χ2v) is 3.64. The highest BCUT2D eigenvalue weighted by atomic mass is 16.4. The van der Waals surface area contributed by atoms with Gasteiger partial charge in [0, 0.05) is 18.1 Å². The Morgan fingerprint density at radius 2 is 2.29 bits per heavy atom. The lowest BCUT2D eigenvalue weighted by Gasteiger charge is -1.98. The van der Waals surface area contributed by atoms with Gasteiger partial charge in [-0.2, -0.15) is 0 Å². The second-order valence-electron chi connectivity index (χ2n) is 3.64. The first-order valence-corrected chi connectivity index (χ1v) is 4.61. The Bertz CT molecular complexity index is 539. The number of rotatable bonds is 1. The molecule has 70 valence electrons. The summed E-state index contributed by atoms with van der Waals surface area (Å²) in [6.45, 7) is 0.974. The van der Waals surface area contributed by atoms with Crippen LogP contribution < -0.4 is 0 Å². The minimum atomic E-state index is -0.845. The van der Waals surface area contributed by atoms with Crippen molar-refractivity contribution in [3.05, 3.63) is 35.5 Å². The highest BCUT2D eigenvalue weighted by Crippen LogP contribution is 2.28. The minimum Gasteiger partial charge on any atom is -0.478 e. The van der Waals surface area contributed by atoms with Gasteiger partial charge in [0.1, 0.15) is 0 Å². The van der Waals surface area contributed by atoms with Crippen molar-refractivity contribution < 1.29 is 9.90 Å². The van der Waals surface area contributed by atoms with Crippen LogP contribution in [0.25, 0.3) is 10.9 Å². The lowest BCUT2D eigenvalue weighted by molar-refractivity contribution is 0.0697. The molecule has 1 N–H and O–H groups in total. The summed E-state index contributed by atoms with van der Waals surface area (Å²) in [6.07, 6.45) is 2.97. The molecule has 1 aliphatic heterocycles. The van der Waals surface area contributed by atoms with E-state index < -0.39 is 5.97 Å². The van der Waals surface area contributed by atoms with Gasteiger partial charge in [0.05, 0.1) is 11.1 Å². The molecule has 1 aliphatic rings. The summed E-state index contributed by atoms with van der Waals surface area (Å²) in [5.74, 6) is -0.845. The maximum absolute atomic E-state index is 10.8. The average molecular weight is 187 g/mol. The van der Waals surface area contributed by atoms with Gasteiger partial charge in [0.15, 0.2) is 0 Å². The zero-order chi connectivity index (χ0) is 9.71. The number of carboxylic acids is 1. The van der Waals surface area contributed by atoms with Crippen LogP contribution in [0.3, 0.4) is 0 Å². The maximum atomic E-state index is 10.8. The Hall–Kier alpha value is -1.77. The standard InChI is InChI=1S/C11H9NO2/c13-11(14)9-5-7-1-3-12-4-2-8(6-9)10(7)12/h1,3,5-6H,2,4H2,(H,13,14). The molecular weight excluding hydrogens is 178 g/mol. The molecule has 0 amide bonds. The Labute approximate surface area is 80.6 Å².